The van der Waals surface area contributed by atoms with Gasteiger partial charge in [0.2, 0.25) is 0 Å². The van der Waals surface area contributed by atoms with Gasteiger partial charge >= 0.3 is 5.97 Å². The van der Waals surface area contributed by atoms with Gasteiger partial charge in [-0.15, -0.1) is 11.6 Å². The van der Waals surface area contributed by atoms with Crippen LogP contribution in [0.1, 0.15) is 22.6 Å². The minimum absolute atomic E-state index is 0.0780. The zero-order valence-electron chi connectivity index (χ0n) is 11.4. The Balaban J connectivity index is 2.12. The highest BCUT2D eigenvalue weighted by Crippen LogP contribution is 2.25. The summed E-state index contributed by atoms with van der Waals surface area (Å²) < 4.78 is 26.0. The van der Waals surface area contributed by atoms with Crippen molar-refractivity contribution in [2.24, 2.45) is 0 Å². The lowest BCUT2D eigenvalue weighted by molar-refractivity contribution is -0.0589. The molecule has 1 aliphatic heterocycles. The van der Waals surface area contributed by atoms with Crippen LogP contribution in [0, 0.1) is 5.82 Å². The van der Waals surface area contributed by atoms with E-state index in [1.54, 1.807) is 6.07 Å². The van der Waals surface area contributed by atoms with Gasteiger partial charge in [0.1, 0.15) is 11.3 Å². The van der Waals surface area contributed by atoms with Crippen molar-refractivity contribution in [2.45, 2.75) is 24.9 Å². The second-order valence-electron chi connectivity index (χ2n) is 4.87. The van der Waals surface area contributed by atoms with E-state index in [4.69, 9.17) is 16.3 Å². The molecule has 112 valence electrons. The first kappa shape index (κ1) is 14.3. The predicted molar refractivity (Wildman–Crippen MR) is 74.9 cm³/mol. The number of hydrogen-bond acceptors (Lipinski definition) is 4. The van der Waals surface area contributed by atoms with E-state index in [-0.39, 0.29) is 23.1 Å². The van der Waals surface area contributed by atoms with E-state index < -0.39 is 11.8 Å². The third-order valence-electron chi connectivity index (χ3n) is 3.61. The van der Waals surface area contributed by atoms with Crippen LogP contribution >= 0.6 is 11.6 Å². The first-order valence-corrected chi connectivity index (χ1v) is 7.12. The Labute approximate surface area is 125 Å². The van der Waals surface area contributed by atoms with Crippen LogP contribution in [-0.4, -0.2) is 35.3 Å². The Morgan fingerprint density at radius 2 is 2.38 bits per heavy atom. The Kier molecular flexibility index (Phi) is 3.82. The number of alkyl halides is 1. The smallest absolute Gasteiger partial charge is 0.338 e. The number of methoxy groups -OCH3 is 1. The summed E-state index contributed by atoms with van der Waals surface area (Å²) in [6.45, 7) is 1.28. The van der Waals surface area contributed by atoms with Gasteiger partial charge in [-0.1, -0.05) is 0 Å². The zero-order chi connectivity index (χ0) is 15.0. The van der Waals surface area contributed by atoms with E-state index >= 15 is 0 Å². The number of hydrogen-bond donors (Lipinski definition) is 0. The topological polar surface area (TPSA) is 53.3 Å². The lowest BCUT2D eigenvalue weighted by Crippen LogP contribution is -2.31. The molecule has 0 aliphatic carbocycles. The molecule has 0 saturated carbocycles. The highest BCUT2D eigenvalue weighted by Gasteiger charge is 2.23. The first-order valence-electron chi connectivity index (χ1n) is 6.58. The first-order chi connectivity index (χ1) is 10.1. The number of carbonyl (C=O) groups is 1. The summed E-state index contributed by atoms with van der Waals surface area (Å²) in [4.78, 5) is 15.8. The van der Waals surface area contributed by atoms with E-state index in [0.29, 0.717) is 17.9 Å². The molecule has 0 radical (unpaired) electrons. The van der Waals surface area contributed by atoms with Crippen molar-refractivity contribution in [1.82, 2.24) is 9.55 Å². The van der Waals surface area contributed by atoms with E-state index in [9.17, 15) is 9.18 Å². The third-order valence-corrected chi connectivity index (χ3v) is 3.85. The standard InChI is InChI=1S/C14H14ClFN2O3/c1-20-14(19)8-4-10(16)13-11(5-8)18(12(6-15)17-13)7-9-2-3-21-9/h4-5,9H,2-3,6-7H2,1H3. The van der Waals surface area contributed by atoms with Gasteiger partial charge in [0, 0.05) is 6.61 Å². The molecule has 0 spiro atoms. The molecule has 1 aliphatic rings. The molecule has 1 fully saturated rings. The molecular weight excluding hydrogens is 299 g/mol. The van der Waals surface area contributed by atoms with Crippen LogP contribution in [0.4, 0.5) is 4.39 Å². The van der Waals surface area contributed by atoms with E-state index in [0.717, 1.165) is 19.1 Å². The van der Waals surface area contributed by atoms with Crippen LogP contribution in [0.15, 0.2) is 12.1 Å². The van der Waals surface area contributed by atoms with Gasteiger partial charge < -0.3 is 14.0 Å². The molecule has 2 heterocycles. The van der Waals surface area contributed by atoms with E-state index in [1.807, 2.05) is 4.57 Å². The highest BCUT2D eigenvalue weighted by molar-refractivity contribution is 6.16. The van der Waals surface area contributed by atoms with Crippen molar-refractivity contribution < 1.29 is 18.7 Å². The summed E-state index contributed by atoms with van der Waals surface area (Å²) in [5.74, 6) is -0.430. The van der Waals surface area contributed by atoms with Crippen LogP contribution in [0.3, 0.4) is 0 Å². The Morgan fingerprint density at radius 1 is 1.62 bits per heavy atom. The third kappa shape index (κ3) is 2.49. The number of imidazole rings is 1. The summed E-state index contributed by atoms with van der Waals surface area (Å²) in [6, 6.07) is 2.70. The van der Waals surface area contributed by atoms with Crippen LogP contribution < -0.4 is 0 Å². The molecule has 0 bridgehead atoms. The van der Waals surface area contributed by atoms with Crippen LogP contribution in [0.25, 0.3) is 11.0 Å². The lowest BCUT2D eigenvalue weighted by Gasteiger charge is -2.27. The number of esters is 1. The summed E-state index contributed by atoms with van der Waals surface area (Å²) >= 11 is 5.89. The number of nitrogens with zero attached hydrogens (tertiary/aromatic N) is 2. The summed E-state index contributed by atoms with van der Waals surface area (Å²) in [5.41, 5.74) is 0.887. The van der Waals surface area contributed by atoms with Gasteiger partial charge in [-0.2, -0.15) is 0 Å². The summed E-state index contributed by atoms with van der Waals surface area (Å²) in [6.07, 6.45) is 1.02. The number of ether oxygens (including phenoxy) is 2. The molecule has 3 rings (SSSR count). The molecule has 2 aromatic rings. The largest absolute Gasteiger partial charge is 0.465 e. The number of aromatic nitrogens is 2. The van der Waals surface area contributed by atoms with Crippen LogP contribution in [0.5, 0.6) is 0 Å². The van der Waals surface area contributed by atoms with Crippen molar-refractivity contribution in [2.75, 3.05) is 13.7 Å². The van der Waals surface area contributed by atoms with Crippen molar-refractivity contribution in [3.63, 3.8) is 0 Å². The van der Waals surface area contributed by atoms with E-state index in [2.05, 4.69) is 9.72 Å². The van der Waals surface area contributed by atoms with Crippen molar-refractivity contribution in [3.05, 3.63) is 29.3 Å². The number of fused-ring (bicyclic) bond motifs is 1. The van der Waals surface area contributed by atoms with E-state index in [1.165, 1.54) is 7.11 Å². The maximum Gasteiger partial charge on any atom is 0.338 e. The molecule has 1 aromatic carbocycles. The number of carbonyl (C=O) groups excluding carboxylic acids is 1. The molecule has 1 unspecified atom stereocenters. The number of halogens is 2. The average Bonchev–Trinajstić information content (AvgIpc) is 2.80. The molecule has 7 heteroatoms. The van der Waals surface area contributed by atoms with Gasteiger partial charge in [-0.25, -0.2) is 14.2 Å². The normalized spacial score (nSPS) is 17.8. The minimum atomic E-state index is -0.587. The molecule has 21 heavy (non-hydrogen) atoms. The molecule has 1 atom stereocenters. The SMILES string of the molecule is COC(=O)c1cc(F)c2nc(CCl)n(CC3CCO3)c2c1. The van der Waals surface area contributed by atoms with Gasteiger partial charge in [-0.3, -0.25) is 0 Å². The Hall–Kier alpha value is -1.66. The van der Waals surface area contributed by atoms with Crippen molar-refractivity contribution >= 4 is 28.6 Å². The van der Waals surface area contributed by atoms with Crippen molar-refractivity contribution in [3.8, 4) is 0 Å². The molecule has 0 amide bonds. The molecular formula is C14H14ClFN2O3. The second kappa shape index (κ2) is 5.61. The second-order valence-corrected chi connectivity index (χ2v) is 5.14. The summed E-state index contributed by atoms with van der Waals surface area (Å²) in [7, 11) is 1.26. The maximum absolute atomic E-state index is 14.1. The fourth-order valence-corrected chi connectivity index (χ4v) is 2.61. The zero-order valence-corrected chi connectivity index (χ0v) is 12.2. The summed E-state index contributed by atoms with van der Waals surface area (Å²) in [5, 5.41) is 0. The molecule has 0 N–H and O–H groups in total. The van der Waals surface area contributed by atoms with Gasteiger partial charge in [0.05, 0.1) is 36.7 Å². The lowest BCUT2D eigenvalue weighted by atomic mass is 10.1. The van der Waals surface area contributed by atoms with Crippen molar-refractivity contribution in [1.29, 1.82) is 0 Å². The van der Waals surface area contributed by atoms with Gasteiger partial charge in [-0.05, 0) is 18.6 Å². The molecule has 1 aromatic heterocycles. The Bertz CT molecular complexity index is 697. The maximum atomic E-state index is 14.1. The molecule has 1 saturated heterocycles. The van der Waals surface area contributed by atoms with Gasteiger partial charge in [0.15, 0.2) is 5.82 Å². The quantitative estimate of drug-likeness (QED) is 0.643. The van der Waals surface area contributed by atoms with Gasteiger partial charge in [0.25, 0.3) is 0 Å². The monoisotopic (exact) mass is 312 g/mol. The van der Waals surface area contributed by atoms with Crippen LogP contribution in [0.2, 0.25) is 0 Å². The minimum Gasteiger partial charge on any atom is -0.465 e. The Morgan fingerprint density at radius 3 is 2.95 bits per heavy atom. The highest BCUT2D eigenvalue weighted by atomic mass is 35.5. The van der Waals surface area contributed by atoms with Crippen LogP contribution in [-0.2, 0) is 21.9 Å². The number of benzene rings is 1. The predicted octanol–water partition coefficient (Wildman–Crippen LogP) is 2.49. The number of rotatable bonds is 4. The molecule has 5 nitrogen and oxygen atoms in total. The average molecular weight is 313 g/mol. The fourth-order valence-electron chi connectivity index (χ4n) is 2.40. The fraction of sp³-hybridized carbons (Fsp3) is 0.429.